The van der Waals surface area contributed by atoms with Crippen LogP contribution in [-0.4, -0.2) is 11.5 Å². The maximum Gasteiger partial charge on any atom is 0.134 e. The van der Waals surface area contributed by atoms with Crippen molar-refractivity contribution in [3.8, 4) is 11.3 Å². The van der Waals surface area contributed by atoms with Crippen LogP contribution in [0.5, 0.6) is 0 Å². The van der Waals surface area contributed by atoms with Gasteiger partial charge in [0.1, 0.15) is 11.5 Å². The Labute approximate surface area is 173 Å². The first-order valence-corrected chi connectivity index (χ1v) is 9.61. The van der Waals surface area contributed by atoms with Crippen molar-refractivity contribution >= 4 is 39.2 Å². The molecule has 0 fully saturated rings. The number of aromatic amines is 1. The summed E-state index contributed by atoms with van der Waals surface area (Å²) in [6.07, 6.45) is 3.09. The van der Waals surface area contributed by atoms with Gasteiger partial charge in [-0.1, -0.05) is 40.2 Å². The molecule has 2 heterocycles. The third-order valence-electron chi connectivity index (χ3n) is 4.65. The van der Waals surface area contributed by atoms with E-state index in [-0.39, 0.29) is 12.4 Å². The van der Waals surface area contributed by atoms with Gasteiger partial charge in [-0.2, -0.15) is 0 Å². The normalized spacial score (nSPS) is 10.9. The maximum atomic E-state index is 5.99. The van der Waals surface area contributed by atoms with Gasteiger partial charge in [0.2, 0.25) is 0 Å². The van der Waals surface area contributed by atoms with Gasteiger partial charge < -0.3 is 14.7 Å². The predicted molar refractivity (Wildman–Crippen MR) is 118 cm³/mol. The number of hydrogen-bond acceptors (Lipinski definition) is 2. The van der Waals surface area contributed by atoms with Crippen LogP contribution in [-0.2, 0) is 13.0 Å². The van der Waals surface area contributed by atoms with Gasteiger partial charge in [-0.3, -0.25) is 0 Å². The van der Waals surface area contributed by atoms with E-state index in [4.69, 9.17) is 4.42 Å². The number of rotatable bonds is 6. The smallest absolute Gasteiger partial charge is 0.134 e. The largest absolute Gasteiger partial charge is 0.460 e. The van der Waals surface area contributed by atoms with E-state index in [1.165, 1.54) is 22.0 Å². The Morgan fingerprint density at radius 1 is 1.07 bits per heavy atom. The van der Waals surface area contributed by atoms with Crippen molar-refractivity contribution in [1.82, 2.24) is 10.3 Å². The molecule has 4 aromatic rings. The number of halogens is 2. The molecule has 2 aromatic heterocycles. The zero-order chi connectivity index (χ0) is 17.9. The molecule has 0 saturated heterocycles. The van der Waals surface area contributed by atoms with Crippen LogP contribution < -0.4 is 5.32 Å². The number of H-pyrrole nitrogens is 1. The Bertz CT molecular complexity index is 1040. The highest BCUT2D eigenvalue weighted by molar-refractivity contribution is 9.10. The summed E-state index contributed by atoms with van der Waals surface area (Å²) in [5, 5.41) is 4.78. The van der Waals surface area contributed by atoms with Crippen LogP contribution >= 0.6 is 28.3 Å². The summed E-state index contributed by atoms with van der Waals surface area (Å²) >= 11 is 3.54. The average Bonchev–Trinajstić information content (AvgIpc) is 3.28. The molecule has 3 nitrogen and oxygen atoms in total. The van der Waals surface area contributed by atoms with E-state index >= 15 is 0 Å². The highest BCUT2D eigenvalue weighted by atomic mass is 79.9. The van der Waals surface area contributed by atoms with Crippen LogP contribution in [0, 0.1) is 6.92 Å². The zero-order valence-electron chi connectivity index (χ0n) is 15.1. The van der Waals surface area contributed by atoms with E-state index in [0.29, 0.717) is 0 Å². The number of furan rings is 1. The molecule has 0 atom stereocenters. The summed E-state index contributed by atoms with van der Waals surface area (Å²) in [7, 11) is 0. The van der Waals surface area contributed by atoms with Crippen LogP contribution in [0.25, 0.3) is 22.2 Å². The van der Waals surface area contributed by atoms with Gasteiger partial charge >= 0.3 is 0 Å². The Hall–Kier alpha value is -2.01. The van der Waals surface area contributed by atoms with Gasteiger partial charge in [0, 0.05) is 27.1 Å². The molecule has 27 heavy (non-hydrogen) atoms. The third-order valence-corrected chi connectivity index (χ3v) is 5.54. The molecule has 2 N–H and O–H groups in total. The molecule has 0 spiro atoms. The van der Waals surface area contributed by atoms with E-state index in [9.17, 15) is 0 Å². The van der Waals surface area contributed by atoms with Gasteiger partial charge in [-0.25, -0.2) is 0 Å². The first-order valence-electron chi connectivity index (χ1n) is 8.81. The summed E-state index contributed by atoms with van der Waals surface area (Å²) < 4.78 is 7.11. The van der Waals surface area contributed by atoms with Crippen LogP contribution in [0.1, 0.15) is 16.9 Å². The Balaban J connectivity index is 0.00000210. The first-order chi connectivity index (χ1) is 12.7. The molecule has 0 aliphatic heterocycles. The number of hydrogen-bond donors (Lipinski definition) is 2. The summed E-state index contributed by atoms with van der Waals surface area (Å²) in [6, 6.07) is 18.8. The summed E-state index contributed by atoms with van der Waals surface area (Å²) in [5.74, 6) is 1.87. The van der Waals surface area contributed by atoms with Crippen LogP contribution in [0.3, 0.4) is 0 Å². The molecule has 5 heteroatoms. The molecule has 0 amide bonds. The summed E-state index contributed by atoms with van der Waals surface area (Å²) in [6.45, 7) is 3.73. The molecule has 0 bridgehead atoms. The highest BCUT2D eigenvalue weighted by Crippen LogP contribution is 2.26. The van der Waals surface area contributed by atoms with Gasteiger partial charge in [0.15, 0.2) is 0 Å². The molecular formula is C22H22BrClN2O. The minimum Gasteiger partial charge on any atom is -0.460 e. The van der Waals surface area contributed by atoms with Gasteiger partial charge in [-0.05, 0) is 61.3 Å². The number of fused-ring (bicyclic) bond motifs is 1. The lowest BCUT2D eigenvalue weighted by Crippen LogP contribution is -2.16. The minimum absolute atomic E-state index is 0. The van der Waals surface area contributed by atoms with Crippen molar-refractivity contribution < 1.29 is 4.42 Å². The molecular weight excluding hydrogens is 424 g/mol. The lowest BCUT2D eigenvalue weighted by molar-refractivity contribution is 0.495. The summed E-state index contributed by atoms with van der Waals surface area (Å²) in [4.78, 5) is 3.33. The van der Waals surface area contributed by atoms with Crippen LogP contribution in [0.4, 0.5) is 0 Å². The van der Waals surface area contributed by atoms with Crippen molar-refractivity contribution in [3.63, 3.8) is 0 Å². The molecule has 0 aliphatic carbocycles. The molecule has 0 saturated carbocycles. The van der Waals surface area contributed by atoms with Crippen molar-refractivity contribution in [2.24, 2.45) is 0 Å². The SMILES string of the molecule is Cc1cc(-c2ccc(CNCCc3c[nH]c4ccccc34)o2)ccc1Br.Cl. The van der Waals surface area contributed by atoms with Gasteiger partial charge in [-0.15, -0.1) is 12.4 Å². The monoisotopic (exact) mass is 444 g/mol. The van der Waals surface area contributed by atoms with Crippen LogP contribution in [0.2, 0.25) is 0 Å². The molecule has 2 aromatic carbocycles. The van der Waals surface area contributed by atoms with Crippen molar-refractivity contribution in [2.45, 2.75) is 19.9 Å². The summed E-state index contributed by atoms with van der Waals surface area (Å²) in [5.41, 5.74) is 4.86. The Kier molecular flexibility index (Phi) is 6.42. The lowest BCUT2D eigenvalue weighted by Gasteiger charge is -2.03. The number of benzene rings is 2. The minimum atomic E-state index is 0. The van der Waals surface area contributed by atoms with E-state index in [0.717, 1.165) is 41.1 Å². The van der Waals surface area contributed by atoms with E-state index < -0.39 is 0 Å². The second-order valence-electron chi connectivity index (χ2n) is 6.52. The molecule has 0 unspecified atom stereocenters. The Morgan fingerprint density at radius 2 is 1.93 bits per heavy atom. The van der Waals surface area contributed by atoms with Crippen molar-refractivity contribution in [2.75, 3.05) is 6.54 Å². The Morgan fingerprint density at radius 3 is 2.78 bits per heavy atom. The fourth-order valence-electron chi connectivity index (χ4n) is 3.20. The molecule has 0 aliphatic rings. The van der Waals surface area contributed by atoms with E-state index in [2.05, 4.69) is 81.8 Å². The molecule has 0 radical (unpaired) electrons. The van der Waals surface area contributed by atoms with Crippen LogP contribution in [0.15, 0.2) is 69.7 Å². The zero-order valence-corrected chi connectivity index (χ0v) is 17.5. The van der Waals surface area contributed by atoms with Crippen molar-refractivity contribution in [1.29, 1.82) is 0 Å². The predicted octanol–water partition coefficient (Wildman–Crippen LogP) is 6.25. The third kappa shape index (κ3) is 4.46. The fraction of sp³-hybridized carbons (Fsp3) is 0.182. The van der Waals surface area contributed by atoms with Gasteiger partial charge in [0.25, 0.3) is 0 Å². The second-order valence-corrected chi connectivity index (χ2v) is 7.37. The molecule has 4 rings (SSSR count). The van der Waals surface area contributed by atoms with Gasteiger partial charge in [0.05, 0.1) is 6.54 Å². The fourth-order valence-corrected chi connectivity index (χ4v) is 3.45. The maximum absolute atomic E-state index is 5.99. The lowest BCUT2D eigenvalue weighted by atomic mass is 10.1. The standard InChI is InChI=1S/C22H21BrN2O.ClH/c1-15-12-16(6-8-20(15)23)22-9-7-18(26-22)14-24-11-10-17-13-25-21-5-3-2-4-19(17)21;/h2-9,12-13,24-25H,10-11,14H2,1H3;1H. The average molecular weight is 446 g/mol. The van der Waals surface area contributed by atoms with Crippen molar-refractivity contribution in [3.05, 3.63) is 82.2 Å². The molecule has 140 valence electrons. The number of aryl methyl sites for hydroxylation is 1. The number of para-hydroxylation sites is 1. The van der Waals surface area contributed by atoms with E-state index in [1.54, 1.807) is 0 Å². The first kappa shape index (κ1) is 19.7. The quantitative estimate of drug-likeness (QED) is 0.344. The second kappa shape index (κ2) is 8.79. The topological polar surface area (TPSA) is 41.0 Å². The highest BCUT2D eigenvalue weighted by Gasteiger charge is 2.07. The number of nitrogens with one attached hydrogen (secondary N) is 2. The number of aromatic nitrogens is 1. The van der Waals surface area contributed by atoms with E-state index in [1.807, 2.05) is 12.1 Å².